The highest BCUT2D eigenvalue weighted by atomic mass is 16.3. The van der Waals surface area contributed by atoms with Crippen LogP contribution in [-0.4, -0.2) is 44.8 Å². The van der Waals surface area contributed by atoms with E-state index < -0.39 is 35.2 Å². The highest BCUT2D eigenvalue weighted by molar-refractivity contribution is 5.40. The first-order valence-electron chi connectivity index (χ1n) is 15.7. The van der Waals surface area contributed by atoms with E-state index in [9.17, 15) is 20.4 Å². The number of rotatable bonds is 10. The van der Waals surface area contributed by atoms with Crippen molar-refractivity contribution in [2.75, 3.05) is 0 Å². The summed E-state index contributed by atoms with van der Waals surface area (Å²) in [6.07, 6.45) is 26.9. The van der Waals surface area contributed by atoms with Crippen molar-refractivity contribution in [1.29, 1.82) is 0 Å². The second-order valence-corrected chi connectivity index (χ2v) is 13.7. The van der Waals surface area contributed by atoms with Gasteiger partial charge in [-0.1, -0.05) is 146 Å². The van der Waals surface area contributed by atoms with Gasteiger partial charge in [0.2, 0.25) is 0 Å². The average molecular weight is 601 g/mol. The zero-order chi connectivity index (χ0) is 33.2. The lowest BCUT2D eigenvalue weighted by atomic mass is 9.69. The Bertz CT molecular complexity index is 1260. The molecule has 4 N–H and O–H groups in total. The highest BCUT2D eigenvalue weighted by Crippen LogP contribution is 2.42. The molecule has 44 heavy (non-hydrogen) atoms. The van der Waals surface area contributed by atoms with E-state index >= 15 is 0 Å². The van der Waals surface area contributed by atoms with Gasteiger partial charge in [0.25, 0.3) is 0 Å². The van der Waals surface area contributed by atoms with Crippen LogP contribution in [0.25, 0.3) is 0 Å². The van der Waals surface area contributed by atoms with E-state index in [0.717, 1.165) is 44.6 Å². The quantitative estimate of drug-likeness (QED) is 0.190. The van der Waals surface area contributed by atoms with Crippen LogP contribution in [0.1, 0.15) is 82.1 Å². The van der Waals surface area contributed by atoms with Gasteiger partial charge in [-0.25, -0.2) is 0 Å². The van der Waals surface area contributed by atoms with E-state index in [1.54, 1.807) is 0 Å². The van der Waals surface area contributed by atoms with E-state index in [1.807, 2.05) is 65.8 Å². The standard InChI is InChI=1S/C40H56O4/c1-27(17-13-19-29(3)21-23-33-31(5)25-35(41)37(43)39(33,7)8)15-11-12-16-28(2)18-14-20-30(4)22-24-34-32(6)26-36(42)38(44)40(34,9)10/h11-24,35-38,41-44H,25-26H2,1-10H3/b12-11+,17-13+,18-14+,23-21+,24-22+,27-15+,28-16+,29-19+,30-20+/t35-,36-,37+,38+/m1/s1. The van der Waals surface area contributed by atoms with Crippen LogP contribution in [0, 0.1) is 10.8 Å². The minimum absolute atomic E-state index is 0.489. The van der Waals surface area contributed by atoms with Crippen LogP contribution in [0.15, 0.2) is 130 Å². The third kappa shape index (κ3) is 10.3. The van der Waals surface area contributed by atoms with Gasteiger partial charge in [-0.15, -0.1) is 0 Å². The fourth-order valence-corrected chi connectivity index (χ4v) is 5.93. The van der Waals surface area contributed by atoms with E-state index in [2.05, 4.69) is 88.5 Å². The summed E-state index contributed by atoms with van der Waals surface area (Å²) in [6.45, 7) is 20.2. The summed E-state index contributed by atoms with van der Waals surface area (Å²) in [6, 6.07) is 0. The van der Waals surface area contributed by atoms with Crippen LogP contribution in [-0.2, 0) is 0 Å². The summed E-state index contributed by atoms with van der Waals surface area (Å²) in [5.41, 5.74) is 7.93. The number of allylic oxidation sites excluding steroid dienone is 18. The first kappa shape index (κ1) is 37.2. The Kier molecular flexibility index (Phi) is 13.8. The van der Waals surface area contributed by atoms with Crippen molar-refractivity contribution < 1.29 is 20.4 Å². The van der Waals surface area contributed by atoms with Crippen molar-refractivity contribution in [1.82, 2.24) is 0 Å². The molecule has 0 fully saturated rings. The lowest BCUT2D eigenvalue weighted by Gasteiger charge is -2.40. The summed E-state index contributed by atoms with van der Waals surface area (Å²) >= 11 is 0. The van der Waals surface area contributed by atoms with Gasteiger partial charge in [-0.2, -0.15) is 0 Å². The maximum atomic E-state index is 10.4. The number of aliphatic hydroxyl groups excluding tert-OH is 4. The van der Waals surface area contributed by atoms with E-state index in [1.165, 1.54) is 0 Å². The minimum atomic E-state index is -0.768. The van der Waals surface area contributed by atoms with Crippen LogP contribution in [0.2, 0.25) is 0 Å². The first-order chi connectivity index (χ1) is 20.5. The maximum Gasteiger partial charge on any atom is 0.0893 e. The molecule has 0 saturated heterocycles. The molecular formula is C40H56O4. The van der Waals surface area contributed by atoms with Gasteiger partial charge < -0.3 is 20.4 Å². The fourth-order valence-electron chi connectivity index (χ4n) is 5.93. The Morgan fingerprint density at radius 2 is 0.818 bits per heavy atom. The van der Waals surface area contributed by atoms with Crippen molar-refractivity contribution in [3.05, 3.63) is 130 Å². The normalized spacial score (nSPS) is 27.9. The van der Waals surface area contributed by atoms with Crippen LogP contribution in [0.4, 0.5) is 0 Å². The molecule has 0 aromatic rings. The molecule has 4 heteroatoms. The molecule has 0 amide bonds. The molecule has 0 bridgehead atoms. The molecule has 0 unspecified atom stereocenters. The predicted molar refractivity (Wildman–Crippen MR) is 187 cm³/mol. The molecule has 4 atom stereocenters. The average Bonchev–Trinajstić information content (AvgIpc) is 2.92. The zero-order valence-electron chi connectivity index (χ0n) is 28.6. The smallest absolute Gasteiger partial charge is 0.0893 e. The lowest BCUT2D eigenvalue weighted by Crippen LogP contribution is -2.44. The number of hydrogen-bond donors (Lipinski definition) is 4. The van der Waals surface area contributed by atoms with Crippen molar-refractivity contribution in [2.24, 2.45) is 10.8 Å². The molecule has 0 radical (unpaired) electrons. The Labute approximate surface area is 267 Å². The van der Waals surface area contributed by atoms with E-state index in [4.69, 9.17) is 0 Å². The summed E-state index contributed by atoms with van der Waals surface area (Å²) in [5.74, 6) is 0. The number of hydrogen-bond acceptors (Lipinski definition) is 4. The van der Waals surface area contributed by atoms with Gasteiger partial charge in [0.15, 0.2) is 0 Å². The molecular weight excluding hydrogens is 544 g/mol. The van der Waals surface area contributed by atoms with Gasteiger partial charge in [0, 0.05) is 10.8 Å². The van der Waals surface area contributed by atoms with Crippen LogP contribution in [0.3, 0.4) is 0 Å². The molecule has 240 valence electrons. The van der Waals surface area contributed by atoms with Crippen molar-refractivity contribution in [3.63, 3.8) is 0 Å². The topological polar surface area (TPSA) is 80.9 Å². The van der Waals surface area contributed by atoms with Gasteiger partial charge in [0.1, 0.15) is 0 Å². The Morgan fingerprint density at radius 3 is 1.16 bits per heavy atom. The number of aliphatic hydroxyl groups is 4. The Balaban J connectivity index is 1.94. The molecule has 2 rings (SSSR count). The van der Waals surface area contributed by atoms with Crippen molar-refractivity contribution >= 4 is 0 Å². The van der Waals surface area contributed by atoms with Crippen molar-refractivity contribution in [2.45, 2.75) is 106 Å². The predicted octanol–water partition coefficient (Wildman–Crippen LogP) is 8.49. The molecule has 0 saturated carbocycles. The van der Waals surface area contributed by atoms with Crippen LogP contribution >= 0.6 is 0 Å². The minimum Gasteiger partial charge on any atom is -0.390 e. The monoisotopic (exact) mass is 600 g/mol. The molecule has 0 heterocycles. The summed E-state index contributed by atoms with van der Waals surface area (Å²) in [5, 5.41) is 41.1. The fraction of sp³-hybridized carbons (Fsp3) is 0.450. The van der Waals surface area contributed by atoms with Crippen LogP contribution in [0.5, 0.6) is 0 Å². The van der Waals surface area contributed by atoms with Gasteiger partial charge >= 0.3 is 0 Å². The molecule has 4 nitrogen and oxygen atoms in total. The third-order valence-electron chi connectivity index (χ3n) is 8.84. The van der Waals surface area contributed by atoms with Crippen LogP contribution < -0.4 is 0 Å². The maximum absolute atomic E-state index is 10.4. The molecule has 0 aromatic carbocycles. The zero-order valence-corrected chi connectivity index (χ0v) is 28.6. The first-order valence-corrected chi connectivity index (χ1v) is 15.7. The third-order valence-corrected chi connectivity index (χ3v) is 8.84. The Hall–Kier alpha value is -3.02. The van der Waals surface area contributed by atoms with E-state index in [0.29, 0.717) is 12.8 Å². The summed E-state index contributed by atoms with van der Waals surface area (Å²) in [4.78, 5) is 0. The van der Waals surface area contributed by atoms with Gasteiger partial charge in [-0.05, 0) is 65.5 Å². The second kappa shape index (κ2) is 16.3. The molecule has 0 spiro atoms. The summed E-state index contributed by atoms with van der Waals surface area (Å²) < 4.78 is 0. The SMILES string of the molecule is CC1=C(/C=C/C(C)=C/C=C/C(C)=C/C=C/C=C(C)/C=C/C=C(C)/C=C/C2=C(C)C[C@@H](O)[C@H](O)C2(C)C)C(C)(C)[C@@H](O)[C@H](O)C1. The lowest BCUT2D eigenvalue weighted by molar-refractivity contribution is -0.0439. The van der Waals surface area contributed by atoms with Crippen molar-refractivity contribution in [3.8, 4) is 0 Å². The molecule has 2 aliphatic carbocycles. The second-order valence-electron chi connectivity index (χ2n) is 13.7. The van der Waals surface area contributed by atoms with Gasteiger partial charge in [-0.3, -0.25) is 0 Å². The van der Waals surface area contributed by atoms with E-state index in [-0.39, 0.29) is 0 Å². The molecule has 0 aromatic heterocycles. The Morgan fingerprint density at radius 1 is 0.523 bits per heavy atom. The highest BCUT2D eigenvalue weighted by Gasteiger charge is 2.41. The summed E-state index contributed by atoms with van der Waals surface area (Å²) in [7, 11) is 0. The largest absolute Gasteiger partial charge is 0.390 e. The van der Waals surface area contributed by atoms with Gasteiger partial charge in [0.05, 0.1) is 24.4 Å². The molecule has 0 aliphatic heterocycles. The molecule has 2 aliphatic rings.